The van der Waals surface area contributed by atoms with Crippen LogP contribution in [0.25, 0.3) is 0 Å². The quantitative estimate of drug-likeness (QED) is 0.840. The molecular formula is C21H27NO2. The van der Waals surface area contributed by atoms with E-state index in [1.165, 1.54) is 5.56 Å². The number of carbonyl (C=O) groups is 1. The van der Waals surface area contributed by atoms with Crippen LogP contribution in [0.1, 0.15) is 48.6 Å². The normalized spacial score (nSPS) is 13.2. The molecule has 0 spiro atoms. The summed E-state index contributed by atoms with van der Waals surface area (Å²) in [4.78, 5) is 12.6. The van der Waals surface area contributed by atoms with Gasteiger partial charge in [-0.15, -0.1) is 0 Å². The molecule has 1 amide bonds. The minimum Gasteiger partial charge on any atom is -0.480 e. The highest BCUT2D eigenvalue weighted by Crippen LogP contribution is 2.23. The number of rotatable bonds is 6. The van der Waals surface area contributed by atoms with Gasteiger partial charge in [-0.3, -0.25) is 4.79 Å². The highest BCUT2D eigenvalue weighted by atomic mass is 16.5. The molecule has 0 unspecified atom stereocenters. The number of carbonyl (C=O) groups excluding carboxylic acids is 1. The lowest BCUT2D eigenvalue weighted by Gasteiger charge is -2.22. The predicted molar refractivity (Wildman–Crippen MR) is 98.4 cm³/mol. The highest BCUT2D eigenvalue weighted by molar-refractivity contribution is 5.81. The fraction of sp³-hybridized carbons (Fsp3) is 0.381. The van der Waals surface area contributed by atoms with Crippen molar-refractivity contribution in [3.63, 3.8) is 0 Å². The van der Waals surface area contributed by atoms with Crippen LogP contribution in [0.4, 0.5) is 0 Å². The van der Waals surface area contributed by atoms with Gasteiger partial charge in [-0.1, -0.05) is 48.9 Å². The monoisotopic (exact) mass is 325 g/mol. The van der Waals surface area contributed by atoms with Crippen molar-refractivity contribution < 1.29 is 9.53 Å². The van der Waals surface area contributed by atoms with Gasteiger partial charge >= 0.3 is 0 Å². The van der Waals surface area contributed by atoms with Crippen molar-refractivity contribution in [1.29, 1.82) is 0 Å². The van der Waals surface area contributed by atoms with E-state index in [0.29, 0.717) is 6.42 Å². The molecule has 3 heteroatoms. The van der Waals surface area contributed by atoms with Crippen LogP contribution in [-0.2, 0) is 4.79 Å². The van der Waals surface area contributed by atoms with E-state index in [9.17, 15) is 4.79 Å². The highest BCUT2D eigenvalue weighted by Gasteiger charge is 2.21. The molecule has 0 saturated heterocycles. The molecule has 0 aliphatic heterocycles. The summed E-state index contributed by atoms with van der Waals surface area (Å²) < 4.78 is 5.98. The molecule has 24 heavy (non-hydrogen) atoms. The molecule has 0 fully saturated rings. The zero-order valence-corrected chi connectivity index (χ0v) is 15.2. The fourth-order valence-electron chi connectivity index (χ4n) is 2.57. The Labute approximate surface area is 145 Å². The van der Waals surface area contributed by atoms with Crippen molar-refractivity contribution in [2.45, 2.75) is 53.2 Å². The van der Waals surface area contributed by atoms with Gasteiger partial charge < -0.3 is 10.1 Å². The Morgan fingerprint density at radius 3 is 2.38 bits per heavy atom. The van der Waals surface area contributed by atoms with Crippen LogP contribution in [0.15, 0.2) is 42.5 Å². The van der Waals surface area contributed by atoms with Crippen LogP contribution in [-0.4, -0.2) is 12.0 Å². The Hall–Kier alpha value is -2.29. The third-order valence-corrected chi connectivity index (χ3v) is 4.42. The van der Waals surface area contributed by atoms with E-state index in [2.05, 4.69) is 24.4 Å². The summed E-state index contributed by atoms with van der Waals surface area (Å²) in [5.74, 6) is 0.700. The van der Waals surface area contributed by atoms with Gasteiger partial charge in [-0.25, -0.2) is 0 Å². The molecule has 0 heterocycles. The third kappa shape index (κ3) is 4.38. The van der Waals surface area contributed by atoms with Crippen LogP contribution < -0.4 is 10.1 Å². The van der Waals surface area contributed by atoms with E-state index in [0.717, 1.165) is 22.4 Å². The summed E-state index contributed by atoms with van der Waals surface area (Å²) in [5, 5.41) is 3.06. The smallest absolute Gasteiger partial charge is 0.261 e. The molecule has 1 N–H and O–H groups in total. The molecular weight excluding hydrogens is 298 g/mol. The molecule has 0 aromatic heterocycles. The summed E-state index contributed by atoms with van der Waals surface area (Å²) in [5.41, 5.74) is 4.55. The van der Waals surface area contributed by atoms with Gasteiger partial charge in [0.25, 0.3) is 5.91 Å². The number of nitrogens with one attached hydrogen (secondary N) is 1. The summed E-state index contributed by atoms with van der Waals surface area (Å²) in [6.45, 7) is 10.1. The third-order valence-electron chi connectivity index (χ3n) is 4.42. The first-order valence-corrected chi connectivity index (χ1v) is 8.52. The number of aryl methyl sites for hydroxylation is 2. The maximum atomic E-state index is 12.6. The Morgan fingerprint density at radius 1 is 1.08 bits per heavy atom. The minimum absolute atomic E-state index is 0.0469. The summed E-state index contributed by atoms with van der Waals surface area (Å²) in [7, 11) is 0. The SMILES string of the molecule is CC[C@H](Oc1cccc(C)c1C)C(=O)N[C@@H](C)c1ccc(C)cc1. The Kier molecular flexibility index (Phi) is 6.02. The number of ether oxygens (including phenoxy) is 1. The lowest BCUT2D eigenvalue weighted by Crippen LogP contribution is -2.39. The number of hydrogen-bond acceptors (Lipinski definition) is 2. The van der Waals surface area contributed by atoms with Gasteiger partial charge in [-0.2, -0.15) is 0 Å². The standard InChI is InChI=1S/C21H27NO2/c1-6-19(24-20-9-7-8-15(3)16(20)4)21(23)22-17(5)18-12-10-14(2)11-13-18/h7-13,17,19H,6H2,1-5H3,(H,22,23)/t17-,19-/m0/s1. The van der Waals surface area contributed by atoms with E-state index < -0.39 is 6.10 Å². The zero-order chi connectivity index (χ0) is 17.7. The molecule has 2 rings (SSSR count). The molecule has 0 radical (unpaired) electrons. The van der Waals surface area contributed by atoms with Crippen molar-refractivity contribution in [3.8, 4) is 5.75 Å². The predicted octanol–water partition coefficient (Wildman–Crippen LogP) is 4.65. The molecule has 0 aliphatic carbocycles. The topological polar surface area (TPSA) is 38.3 Å². The molecule has 0 bridgehead atoms. The van der Waals surface area contributed by atoms with Gasteiger partial charge in [0.1, 0.15) is 5.75 Å². The first kappa shape index (κ1) is 18.1. The molecule has 0 aliphatic rings. The average Bonchev–Trinajstić information content (AvgIpc) is 2.56. The zero-order valence-electron chi connectivity index (χ0n) is 15.2. The number of benzene rings is 2. The van der Waals surface area contributed by atoms with Gasteiger partial charge in [-0.05, 0) is 56.9 Å². The van der Waals surface area contributed by atoms with Crippen molar-refractivity contribution in [2.75, 3.05) is 0 Å². The van der Waals surface area contributed by atoms with Gasteiger partial charge in [0, 0.05) is 0 Å². The maximum absolute atomic E-state index is 12.6. The van der Waals surface area contributed by atoms with Crippen molar-refractivity contribution in [2.24, 2.45) is 0 Å². The average molecular weight is 325 g/mol. The minimum atomic E-state index is -0.488. The summed E-state index contributed by atoms with van der Waals surface area (Å²) in [6, 6.07) is 14.1. The second-order valence-corrected chi connectivity index (χ2v) is 6.35. The van der Waals surface area contributed by atoms with Crippen molar-refractivity contribution in [3.05, 3.63) is 64.7 Å². The second-order valence-electron chi connectivity index (χ2n) is 6.35. The second kappa shape index (κ2) is 8.00. The van der Waals surface area contributed by atoms with Crippen LogP contribution in [0.3, 0.4) is 0 Å². The van der Waals surface area contributed by atoms with E-state index in [1.807, 2.05) is 58.0 Å². The van der Waals surface area contributed by atoms with E-state index in [4.69, 9.17) is 4.74 Å². The van der Waals surface area contributed by atoms with Gasteiger partial charge in [0.05, 0.1) is 6.04 Å². The number of amides is 1. The summed E-state index contributed by atoms with van der Waals surface area (Å²) in [6.07, 6.45) is 0.137. The van der Waals surface area contributed by atoms with Crippen LogP contribution in [0, 0.1) is 20.8 Å². The Bertz CT molecular complexity index is 691. The molecule has 2 aromatic carbocycles. The van der Waals surface area contributed by atoms with Crippen molar-refractivity contribution in [1.82, 2.24) is 5.32 Å². The van der Waals surface area contributed by atoms with Gasteiger partial charge in [0.2, 0.25) is 0 Å². The van der Waals surface area contributed by atoms with E-state index >= 15 is 0 Å². The first-order chi connectivity index (χ1) is 11.4. The largest absolute Gasteiger partial charge is 0.480 e. The maximum Gasteiger partial charge on any atom is 0.261 e. The van der Waals surface area contributed by atoms with Gasteiger partial charge in [0.15, 0.2) is 6.10 Å². The Balaban J connectivity index is 2.05. The fourth-order valence-corrected chi connectivity index (χ4v) is 2.57. The number of hydrogen-bond donors (Lipinski definition) is 1. The lowest BCUT2D eigenvalue weighted by atomic mass is 10.1. The Morgan fingerprint density at radius 2 is 1.75 bits per heavy atom. The molecule has 0 saturated carbocycles. The molecule has 128 valence electrons. The van der Waals surface area contributed by atoms with Crippen LogP contribution >= 0.6 is 0 Å². The van der Waals surface area contributed by atoms with Crippen molar-refractivity contribution >= 4 is 5.91 Å². The van der Waals surface area contributed by atoms with Crippen LogP contribution in [0.2, 0.25) is 0 Å². The summed E-state index contributed by atoms with van der Waals surface area (Å²) >= 11 is 0. The van der Waals surface area contributed by atoms with Crippen LogP contribution in [0.5, 0.6) is 5.75 Å². The molecule has 2 atom stereocenters. The van der Waals surface area contributed by atoms with E-state index in [-0.39, 0.29) is 11.9 Å². The van der Waals surface area contributed by atoms with E-state index in [1.54, 1.807) is 0 Å². The lowest BCUT2D eigenvalue weighted by molar-refractivity contribution is -0.128. The first-order valence-electron chi connectivity index (χ1n) is 8.52. The molecule has 2 aromatic rings. The molecule has 3 nitrogen and oxygen atoms in total.